The van der Waals surface area contributed by atoms with E-state index < -0.39 is 118 Å². The van der Waals surface area contributed by atoms with Gasteiger partial charge in [-0.05, 0) is 44.2 Å². The van der Waals surface area contributed by atoms with Crippen LogP contribution in [0.15, 0.2) is 117 Å². The van der Waals surface area contributed by atoms with E-state index >= 15 is 0 Å². The average molecular weight is 2010 g/mol. The van der Waals surface area contributed by atoms with E-state index in [4.69, 9.17) is 72.5 Å². The Bertz CT molecular complexity index is 6380. The first kappa shape index (κ1) is 118. The van der Waals surface area contributed by atoms with Gasteiger partial charge in [-0.2, -0.15) is 13.2 Å². The zero-order valence-corrected chi connectivity index (χ0v) is 78.7. The van der Waals surface area contributed by atoms with Crippen LogP contribution < -0.4 is 127 Å². The first-order chi connectivity index (χ1) is 63.0. The molecule has 3 aromatic heterocycles. The standard InChI is InChI=1S/C14H15N3O6.C14H14N2O7.C11H10N2O5.C10H8N2O5.C10H9NO3.C10H8O3.C4H6N2O2.C3H6BrNO.CH3F.CH4.K.HNO3.H2O4S/c1-15-12(18)7-23-11-5-8-4-9(17(20)21)6-10(22-3)13(8)16(2)14(11)19;1-4-23-14(19)10-8-5-7(16(20)21)6-9(22-3)11(8)15(2)13(18)12(10)17;1-12-10-6(4-8(14)11(12)15)3-7(13(16)17)5-9(10)18-2;1-11-8-6(9(13)10(11)14)3-5(12(15)16)4-7(8)17-2;1-11-8-6(9(12)10(11)13)4-3-5-7(8)14-2;1-13-9-4-2-3-6-7(9)5-8(11)10(6)12;1-2-8-4(7)3-6-5;1-5-3(6)2-4;1-2;;;2-1-4-3;1-5(2,3)4/h4-6H,7H2,1-3H3,(H,15,18);5-6,17H,4H2,1-3H3;3-5,14H,1-2H3;3-4H,1-2H3;3-5H,1-2H3;2-4H,5H2,1H3;3H,2H2,1H3;2H2,1H3,(H,5,6);1H3;1H4;;3H;(H2,1,2,3,4)/q;;;;;;;;;;+1;;/p-1/i;;;;;;;;1D;;;;. The summed E-state index contributed by atoms with van der Waals surface area (Å²) in [5.74, 6) is -4.81. The third kappa shape index (κ3) is 31.8. The first-order valence-electron chi connectivity index (χ1n) is 36.9. The predicted octanol–water partition coefficient (Wildman–Crippen LogP) is 2.21. The summed E-state index contributed by atoms with van der Waals surface area (Å²) >= 11 is 2.96. The molecule has 722 valence electrons. The van der Waals surface area contributed by atoms with E-state index in [1.165, 1.54) is 140 Å². The second-order valence-corrected chi connectivity index (χ2v) is 26.3. The van der Waals surface area contributed by atoms with Crippen molar-refractivity contribution in [3.8, 4) is 51.7 Å². The average Bonchev–Trinajstić information content (AvgIpc) is 1.04. The largest absolute Gasteiger partial charge is 1.00 e. The number of hydrogen-bond donors (Lipinski definition) is 6. The molecule has 6 N–H and O–H groups in total. The van der Waals surface area contributed by atoms with Gasteiger partial charge in [0, 0.05) is 107 Å². The minimum Gasteiger partial charge on any atom is -0.635 e. The minimum atomic E-state index is -4.67. The maximum absolute atomic E-state index is 12.3. The Kier molecular flexibility index (Phi) is 49.4. The molecule has 0 unspecified atom stereocenters. The number of nitrogens with one attached hydrogen (secondary N) is 2. The number of non-ortho nitro benzene ring substituents is 4. The SMILES string of the molecule is C.CCOC(=O)C=[N+]=[N-].CCOC(=O)c1c(O)c(=O)n(C)c2c(OC)cc([N+](=O)[O-])cc12.CNC(=O)CBr.CNC(=O)COc1cc2cc([N+](=O)[O-])cc(OC)c2n(C)c1=O.COc1cc([N+](=O)[O-])cc2c1N(C)C(=O)C2=O.COc1cc([N+](=O)[O-])cc2cc(O)c(=O)n(C)c12.COc1cccc2c1CC(=O)C2=O.COc1cccc2c1N(C)C(=O)C2=O.O=NO[O-].O=S(=O)(O)O.[2H]CF.[K+]. The first-order valence-corrected chi connectivity index (χ1v) is 38.7. The summed E-state index contributed by atoms with van der Waals surface area (Å²) < 4.78 is 95.3. The van der Waals surface area contributed by atoms with Gasteiger partial charge in [-0.3, -0.25) is 107 Å². The van der Waals surface area contributed by atoms with Crippen molar-refractivity contribution in [3.63, 3.8) is 0 Å². The molecular formula is C78H85BrFKN14O39S. The molecule has 0 radical (unpaired) electrons. The van der Waals surface area contributed by atoms with Gasteiger partial charge in [0.2, 0.25) is 17.5 Å². The molecule has 0 saturated heterocycles. The second-order valence-electron chi connectivity index (χ2n) is 24.9. The van der Waals surface area contributed by atoms with Crippen LogP contribution in [0.5, 0.6) is 51.7 Å². The summed E-state index contributed by atoms with van der Waals surface area (Å²) in [7, 11) is 13.0. The van der Waals surface area contributed by atoms with Crippen molar-refractivity contribution in [1.82, 2.24) is 24.3 Å². The van der Waals surface area contributed by atoms with Crippen molar-refractivity contribution in [2.75, 3.05) is 113 Å². The van der Waals surface area contributed by atoms with Crippen LogP contribution in [0.2, 0.25) is 0 Å². The van der Waals surface area contributed by atoms with Crippen molar-refractivity contribution < 1.29 is 210 Å². The number of nitro benzene ring substituents is 4. The number of hydrogen-bond acceptors (Lipinski definition) is 38. The van der Waals surface area contributed by atoms with Gasteiger partial charge in [-0.15, -0.1) is 4.91 Å². The Morgan fingerprint density at radius 2 is 0.970 bits per heavy atom. The van der Waals surface area contributed by atoms with Crippen LogP contribution in [0.25, 0.3) is 38.2 Å². The van der Waals surface area contributed by atoms with Crippen molar-refractivity contribution in [3.05, 3.63) is 207 Å². The summed E-state index contributed by atoms with van der Waals surface area (Å²) in [4.78, 5) is 204. The molecule has 0 fully saturated rings. The fourth-order valence-electron chi connectivity index (χ4n) is 11.4. The number of Topliss-reactive ketones (excluding diaryl/α,β-unsaturated/α-hetero) is 4. The molecule has 0 spiro atoms. The van der Waals surface area contributed by atoms with Crippen LogP contribution in [0.4, 0.5) is 38.5 Å². The van der Waals surface area contributed by atoms with Gasteiger partial charge in [0.25, 0.3) is 68.7 Å². The summed E-state index contributed by atoms with van der Waals surface area (Å²) in [6.45, 7) is 3.21. The Hall–Kier alpha value is -15.1. The summed E-state index contributed by atoms with van der Waals surface area (Å²) in [5.41, 5.74) is 7.82. The number of aryl methyl sites for hydroxylation is 3. The van der Waals surface area contributed by atoms with Gasteiger partial charge < -0.3 is 103 Å². The molecule has 2 aliphatic heterocycles. The number of benzene rings is 6. The van der Waals surface area contributed by atoms with Gasteiger partial charge in [0.1, 0.15) is 45.4 Å². The summed E-state index contributed by atoms with van der Waals surface area (Å²) in [6, 6.07) is 22.3. The van der Waals surface area contributed by atoms with Crippen LogP contribution in [0.3, 0.4) is 0 Å². The van der Waals surface area contributed by atoms with Crippen molar-refractivity contribution >= 4 is 158 Å². The Balaban J connectivity index is 0.00000153. The zero-order valence-electron chi connectivity index (χ0n) is 74.2. The van der Waals surface area contributed by atoms with E-state index in [1.807, 2.05) is 0 Å². The van der Waals surface area contributed by atoms with E-state index in [0.717, 1.165) is 33.2 Å². The van der Waals surface area contributed by atoms with Crippen LogP contribution in [0, 0.1) is 45.4 Å². The maximum atomic E-state index is 12.3. The Morgan fingerprint density at radius 3 is 1.39 bits per heavy atom. The number of amides is 4. The number of carbonyl (C=O) groups is 10. The molecule has 12 rings (SSSR count). The zero-order chi connectivity index (χ0) is 102. The summed E-state index contributed by atoms with van der Waals surface area (Å²) in [6.07, 6.45) is 0.877. The van der Waals surface area contributed by atoms with E-state index in [0.29, 0.717) is 68.3 Å². The molecule has 5 heterocycles. The number of carbonyl (C=O) groups excluding carboxylic acids is 10. The fourth-order valence-corrected chi connectivity index (χ4v) is 11.7. The minimum absolute atomic E-state index is 0. The number of esters is 2. The maximum Gasteiger partial charge on any atom is 1.00 e. The molecule has 0 bridgehead atoms. The molecule has 3 aliphatic rings. The van der Waals surface area contributed by atoms with Gasteiger partial charge in [-0.25, -0.2) is 9.59 Å². The van der Waals surface area contributed by atoms with E-state index in [1.54, 1.807) is 64.3 Å². The van der Waals surface area contributed by atoms with Crippen LogP contribution >= 0.6 is 15.9 Å². The fraction of sp³-hybridized carbons (Fsp3) is 0.282. The number of aromatic hydroxyl groups is 2. The van der Waals surface area contributed by atoms with E-state index in [-0.39, 0.29) is 164 Å². The summed E-state index contributed by atoms with van der Waals surface area (Å²) in [5, 5.41) is 78.7. The smallest absolute Gasteiger partial charge is 0.635 e. The number of likely N-dealkylation sites (N-methyl/N-ethyl adjacent to an activating group) is 3. The number of nitro groups is 4. The topological polar surface area (TPSA) is 736 Å². The third-order valence-corrected chi connectivity index (χ3v) is 17.7. The molecule has 1 aliphatic carbocycles. The molecule has 4 amide bonds. The number of methoxy groups -OCH3 is 6. The van der Waals surface area contributed by atoms with Crippen LogP contribution in [-0.2, 0) is 81.2 Å². The number of rotatable bonds is 19. The number of nitrogens with zero attached hydrogens (tertiary/aromatic N) is 12. The van der Waals surface area contributed by atoms with Crippen LogP contribution in [0.1, 0.15) is 69.6 Å². The van der Waals surface area contributed by atoms with Crippen LogP contribution in [-0.4, -0.2) is 234 Å². The number of para-hydroxylation sites is 1. The van der Waals surface area contributed by atoms with Gasteiger partial charge >= 0.3 is 79.9 Å². The molecule has 135 heavy (non-hydrogen) atoms. The number of halogens is 2. The molecule has 53 nitrogen and oxygen atoms in total. The third-order valence-electron chi connectivity index (χ3n) is 17.2. The molecule has 0 saturated carbocycles. The van der Waals surface area contributed by atoms with E-state index in [9.17, 15) is 117 Å². The van der Waals surface area contributed by atoms with Crippen molar-refractivity contribution in [2.24, 2.45) is 26.5 Å². The van der Waals surface area contributed by atoms with E-state index in [2.05, 4.69) is 41.1 Å². The quantitative estimate of drug-likeness (QED) is 0.00549. The molecule has 57 heteroatoms. The van der Waals surface area contributed by atoms with Crippen molar-refractivity contribution in [1.29, 1.82) is 0 Å². The Labute approximate surface area is 812 Å². The number of anilines is 2. The molecule has 9 aromatic rings. The van der Waals surface area contributed by atoms with Gasteiger partial charge in [0.05, 0.1) is 153 Å². The van der Waals surface area contributed by atoms with Crippen molar-refractivity contribution in [2.45, 2.75) is 27.7 Å². The predicted molar refractivity (Wildman–Crippen MR) is 469 cm³/mol. The number of ketones is 4. The monoisotopic (exact) mass is 2010 g/mol. The Morgan fingerprint density at radius 1 is 0.578 bits per heavy atom. The number of aromatic nitrogens is 3. The normalized spacial score (nSPS) is 11.1. The molecular weight excluding hydrogens is 1930 g/mol. The molecule has 6 aromatic carbocycles. The number of ether oxygens (including phenoxy) is 9. The van der Waals surface area contributed by atoms with Gasteiger partial charge in [-0.1, -0.05) is 41.6 Å². The number of fused-ring (bicyclic) bond motifs is 6. The number of alkyl halides is 2. The number of pyridine rings is 3. The molecule has 0 atom stereocenters. The second kappa shape index (κ2) is 56.6. The van der Waals surface area contributed by atoms with Gasteiger partial charge in [0.15, 0.2) is 23.9 Å².